The van der Waals surface area contributed by atoms with Gasteiger partial charge in [0.1, 0.15) is 27.8 Å². The summed E-state index contributed by atoms with van der Waals surface area (Å²) in [6.07, 6.45) is 1.72. The van der Waals surface area contributed by atoms with Gasteiger partial charge in [-0.05, 0) is 88.7 Å². The number of hydrogen-bond acceptors (Lipinski definition) is 6. The second-order valence-electron chi connectivity index (χ2n) is 20.0. The molecular weight excluding hydrogens is 1060 g/mol. The first-order chi connectivity index (χ1) is 35.6. The zero-order valence-electron chi connectivity index (χ0n) is 44.0. The number of benzene rings is 8. The maximum absolute atomic E-state index is 7.35. The molecule has 13 aromatic rings. The van der Waals surface area contributed by atoms with E-state index in [4.69, 9.17) is 22.3 Å². The average molecular weight is 1120 g/mol. The maximum Gasteiger partial charge on any atom is 0.160 e. The van der Waals surface area contributed by atoms with E-state index in [0.29, 0.717) is 11.4 Å². The average Bonchev–Trinajstić information content (AvgIpc) is 4.20. The smallest absolute Gasteiger partial charge is 0.160 e. The summed E-state index contributed by atoms with van der Waals surface area (Å²) in [6, 6.07) is 57.6. The van der Waals surface area contributed by atoms with Gasteiger partial charge in [0.25, 0.3) is 0 Å². The molecule has 0 aliphatic rings. The molecular formula is C64H52IrN4O3-2. The molecule has 0 spiro atoms. The van der Waals surface area contributed by atoms with Crippen molar-refractivity contribution in [2.45, 2.75) is 72.6 Å². The zero-order valence-corrected chi connectivity index (χ0v) is 43.4. The number of furan rings is 3. The fraction of sp³-hybridized carbons (Fsp3) is 0.172. The third kappa shape index (κ3) is 8.00. The Morgan fingerprint density at radius 1 is 0.583 bits per heavy atom. The number of nitrogens with zero attached hydrogens (tertiary/aromatic N) is 4. The van der Waals surface area contributed by atoms with Crippen LogP contribution in [0.15, 0.2) is 171 Å². The molecule has 0 aliphatic carbocycles. The second-order valence-corrected chi connectivity index (χ2v) is 20.0. The Kier molecular flexibility index (Phi) is 10.9. The summed E-state index contributed by atoms with van der Waals surface area (Å²) in [7, 11) is 0. The SMILES string of the molecule is CC(C)c1cc(-c2ccccc2)cc(C(C)C)c1-n1c(-c2[c-]ccc3c2oc2cc4c(cc23)oc2ccccc24)nc2ccc3c4ccccc4oc3c21.[2H]C([2H])([2H])c1c[c-]c(-c2nccc(C(C)(C)C)n2)cc1.[Ir]. The third-order valence-electron chi connectivity index (χ3n) is 13.5. The molecule has 13 rings (SSSR count). The molecule has 7 nitrogen and oxygen atoms in total. The molecule has 0 saturated carbocycles. The Bertz CT molecular complexity index is 4260. The molecule has 0 fully saturated rings. The van der Waals surface area contributed by atoms with Gasteiger partial charge in [-0.15, -0.1) is 53.6 Å². The molecule has 72 heavy (non-hydrogen) atoms. The normalized spacial score (nSPS) is 12.8. The van der Waals surface area contributed by atoms with E-state index in [1.165, 1.54) is 28.3 Å². The molecule has 0 unspecified atom stereocenters. The van der Waals surface area contributed by atoms with Gasteiger partial charge in [0.05, 0.1) is 22.7 Å². The third-order valence-corrected chi connectivity index (χ3v) is 13.5. The molecule has 0 saturated heterocycles. The Hall–Kier alpha value is -7.64. The number of hydrogen-bond donors (Lipinski definition) is 0. The molecule has 0 bridgehead atoms. The van der Waals surface area contributed by atoms with Gasteiger partial charge in [0.2, 0.25) is 0 Å². The maximum atomic E-state index is 7.35. The Balaban J connectivity index is 0.000000243. The van der Waals surface area contributed by atoms with Crippen LogP contribution in [0.3, 0.4) is 0 Å². The van der Waals surface area contributed by atoms with E-state index >= 15 is 0 Å². The van der Waals surface area contributed by atoms with E-state index in [1.54, 1.807) is 18.3 Å². The first kappa shape index (κ1) is 43.2. The monoisotopic (exact) mass is 1120 g/mol. The van der Waals surface area contributed by atoms with Crippen molar-refractivity contribution < 1.29 is 37.5 Å². The molecule has 0 N–H and O–H groups in total. The van der Waals surface area contributed by atoms with Crippen LogP contribution in [0.4, 0.5) is 0 Å². The summed E-state index contributed by atoms with van der Waals surface area (Å²) in [5.41, 5.74) is 15.3. The minimum absolute atomic E-state index is 0. The number of rotatable bonds is 6. The predicted octanol–water partition coefficient (Wildman–Crippen LogP) is 17.7. The van der Waals surface area contributed by atoms with Crippen LogP contribution >= 0.6 is 0 Å². The van der Waals surface area contributed by atoms with Gasteiger partial charge in [-0.25, -0.2) is 0 Å². The van der Waals surface area contributed by atoms with Gasteiger partial charge in [-0.1, -0.05) is 133 Å². The van der Waals surface area contributed by atoms with Crippen LogP contribution in [0.1, 0.15) is 86.8 Å². The number of imidazole rings is 1. The van der Waals surface area contributed by atoms with Crippen molar-refractivity contribution in [3.8, 4) is 39.6 Å². The van der Waals surface area contributed by atoms with E-state index in [2.05, 4.69) is 166 Å². The van der Waals surface area contributed by atoms with Crippen molar-refractivity contribution in [2.75, 3.05) is 0 Å². The van der Waals surface area contributed by atoms with Crippen LogP contribution in [0.2, 0.25) is 0 Å². The predicted molar refractivity (Wildman–Crippen MR) is 291 cm³/mol. The number of para-hydroxylation sites is 2. The van der Waals surface area contributed by atoms with Crippen LogP contribution in [0.25, 0.3) is 116 Å². The second kappa shape index (κ2) is 18.2. The molecule has 357 valence electrons. The van der Waals surface area contributed by atoms with Crippen LogP contribution in [0, 0.1) is 19.0 Å². The van der Waals surface area contributed by atoms with E-state index < -0.39 is 6.85 Å². The molecule has 5 heterocycles. The van der Waals surface area contributed by atoms with Crippen molar-refractivity contribution in [1.82, 2.24) is 19.5 Å². The quantitative estimate of drug-likeness (QED) is 0.154. The topological polar surface area (TPSA) is 83.0 Å². The van der Waals surface area contributed by atoms with Gasteiger partial charge in [0.15, 0.2) is 5.58 Å². The van der Waals surface area contributed by atoms with Gasteiger partial charge in [0, 0.05) is 74.1 Å². The summed E-state index contributed by atoms with van der Waals surface area (Å²) >= 11 is 0. The van der Waals surface area contributed by atoms with Crippen molar-refractivity contribution in [2.24, 2.45) is 0 Å². The number of aromatic nitrogens is 4. The molecule has 5 aromatic heterocycles. The standard InChI is InChI=1S/C49H35N2O3.C15H17N2.Ir/c1-27(2)36-23-30(29-13-6-5-7-14-29)24-37(28(3)4)45(36)51-46-40(22-21-34-31-15-8-11-20-42(31)53-48(34)46)50-49(51)35-18-12-17-33-39-26-43-38(25-44(39)54-47(33)35)32-16-9-10-19-41(32)52-43;1-11-5-7-12(8-6-11)14-16-10-9-13(17-14)15(2,3)4;/h5-17,19-28H,1-4H3;5-7,9-10H,1-4H3;/q2*-1;/i;1D3;. The van der Waals surface area contributed by atoms with Crippen LogP contribution < -0.4 is 0 Å². The minimum Gasteiger partial charge on any atom is -0.501 e. The van der Waals surface area contributed by atoms with E-state index in [9.17, 15) is 0 Å². The first-order valence-electron chi connectivity index (χ1n) is 25.7. The fourth-order valence-electron chi connectivity index (χ4n) is 9.94. The van der Waals surface area contributed by atoms with Crippen molar-refractivity contribution >= 4 is 76.8 Å². The van der Waals surface area contributed by atoms with Gasteiger partial charge in [-0.3, -0.25) is 15.0 Å². The first-order valence-corrected chi connectivity index (χ1v) is 24.2. The summed E-state index contributed by atoms with van der Waals surface area (Å²) in [5.74, 6) is 1.73. The van der Waals surface area contributed by atoms with Crippen LogP contribution in [-0.4, -0.2) is 19.5 Å². The molecule has 0 aliphatic heterocycles. The van der Waals surface area contributed by atoms with Crippen molar-refractivity contribution in [3.05, 3.63) is 192 Å². The van der Waals surface area contributed by atoms with Gasteiger partial charge >= 0.3 is 0 Å². The molecule has 1 radical (unpaired) electrons. The molecule has 8 heteroatoms. The largest absolute Gasteiger partial charge is 0.501 e. The summed E-state index contributed by atoms with van der Waals surface area (Å²) in [4.78, 5) is 14.2. The summed E-state index contributed by atoms with van der Waals surface area (Å²) in [6.45, 7) is 13.3. The van der Waals surface area contributed by atoms with E-state index in [1.807, 2.05) is 42.5 Å². The minimum atomic E-state index is -2.11. The Morgan fingerprint density at radius 3 is 1.90 bits per heavy atom. The molecule has 8 aromatic carbocycles. The molecule has 0 amide bonds. The Labute approximate surface area is 436 Å². The number of aryl methyl sites for hydroxylation is 1. The van der Waals surface area contributed by atoms with Gasteiger partial charge in [-0.2, -0.15) is 0 Å². The van der Waals surface area contributed by atoms with Crippen molar-refractivity contribution in [3.63, 3.8) is 0 Å². The summed E-state index contributed by atoms with van der Waals surface area (Å²) < 4.78 is 44.3. The zero-order chi connectivity index (χ0) is 51.2. The van der Waals surface area contributed by atoms with Crippen LogP contribution in [-0.2, 0) is 25.5 Å². The van der Waals surface area contributed by atoms with Crippen molar-refractivity contribution in [1.29, 1.82) is 0 Å². The van der Waals surface area contributed by atoms with Crippen LogP contribution in [0.5, 0.6) is 0 Å². The molecule has 0 atom stereocenters. The Morgan fingerprint density at radius 2 is 1.22 bits per heavy atom. The summed E-state index contributed by atoms with van der Waals surface area (Å²) in [5, 5.41) is 6.22. The van der Waals surface area contributed by atoms with E-state index in [0.717, 1.165) is 99.6 Å². The number of fused-ring (bicyclic) bond motifs is 11. The van der Waals surface area contributed by atoms with Gasteiger partial charge < -0.3 is 17.8 Å². The fourth-order valence-corrected chi connectivity index (χ4v) is 9.94. The van der Waals surface area contributed by atoms with E-state index in [-0.39, 0.29) is 42.9 Å².